The quantitative estimate of drug-likeness (QED) is 0.792. The summed E-state index contributed by atoms with van der Waals surface area (Å²) in [7, 11) is 0. The molecule has 2 nitrogen and oxygen atoms in total. The number of ether oxygens (including phenoxy) is 1. The zero-order chi connectivity index (χ0) is 12.9. The minimum absolute atomic E-state index is 0.200. The highest BCUT2D eigenvalue weighted by Gasteiger charge is 2.32. The maximum Gasteiger partial charge on any atom is 0.137 e. The van der Waals surface area contributed by atoms with Crippen LogP contribution in [-0.4, -0.2) is 24.1 Å². The van der Waals surface area contributed by atoms with Crippen LogP contribution in [0, 0.1) is 0 Å². The van der Waals surface area contributed by atoms with Crippen molar-refractivity contribution in [1.29, 1.82) is 0 Å². The summed E-state index contributed by atoms with van der Waals surface area (Å²) in [6.45, 7) is 1.99. The maximum absolute atomic E-state index is 6.00. The number of hydrogen-bond acceptors (Lipinski definition) is 2. The monoisotopic (exact) mass is 259 g/mol. The largest absolute Gasteiger partial charge is 0.358 e. The highest BCUT2D eigenvalue weighted by molar-refractivity contribution is 5.18. The lowest BCUT2D eigenvalue weighted by Crippen LogP contribution is -2.35. The lowest BCUT2D eigenvalue weighted by Gasteiger charge is -2.33. The Morgan fingerprint density at radius 3 is 2.32 bits per heavy atom. The second-order valence-corrected chi connectivity index (χ2v) is 5.87. The van der Waals surface area contributed by atoms with Crippen molar-refractivity contribution in [3.05, 3.63) is 35.9 Å². The average Bonchev–Trinajstić information content (AvgIpc) is 2.88. The molecule has 19 heavy (non-hydrogen) atoms. The van der Waals surface area contributed by atoms with Gasteiger partial charge in [0.25, 0.3) is 0 Å². The summed E-state index contributed by atoms with van der Waals surface area (Å²) in [5, 5.41) is 0. The first-order chi connectivity index (χ1) is 9.45. The van der Waals surface area contributed by atoms with E-state index in [0.29, 0.717) is 0 Å². The Balaban J connectivity index is 1.71. The lowest BCUT2D eigenvalue weighted by atomic mass is 9.95. The van der Waals surface area contributed by atoms with Crippen LogP contribution in [0.25, 0.3) is 0 Å². The first kappa shape index (κ1) is 13.1. The van der Waals surface area contributed by atoms with E-state index in [1.807, 2.05) is 0 Å². The Kier molecular flexibility index (Phi) is 4.52. The molecular weight excluding hydrogens is 234 g/mol. The van der Waals surface area contributed by atoms with E-state index in [4.69, 9.17) is 4.74 Å². The molecule has 1 unspecified atom stereocenters. The molecule has 0 amide bonds. The zero-order valence-electron chi connectivity index (χ0n) is 11.8. The molecule has 2 heteroatoms. The van der Waals surface area contributed by atoms with Gasteiger partial charge in [0.15, 0.2) is 0 Å². The van der Waals surface area contributed by atoms with Gasteiger partial charge < -0.3 is 4.74 Å². The van der Waals surface area contributed by atoms with Gasteiger partial charge in [0, 0.05) is 12.6 Å². The van der Waals surface area contributed by atoms with Gasteiger partial charge >= 0.3 is 0 Å². The molecule has 1 aliphatic heterocycles. The summed E-state index contributed by atoms with van der Waals surface area (Å²) in [4.78, 5) is 2.61. The normalized spacial score (nSPS) is 27.1. The first-order valence-corrected chi connectivity index (χ1v) is 7.87. The number of rotatable bonds is 2. The van der Waals surface area contributed by atoms with Gasteiger partial charge in [-0.2, -0.15) is 0 Å². The minimum atomic E-state index is 0.200. The Hall–Kier alpha value is -0.860. The lowest BCUT2D eigenvalue weighted by molar-refractivity contribution is 0.00484. The smallest absolute Gasteiger partial charge is 0.137 e. The second-order valence-electron chi connectivity index (χ2n) is 5.87. The van der Waals surface area contributed by atoms with Crippen LogP contribution < -0.4 is 0 Å². The minimum Gasteiger partial charge on any atom is -0.358 e. The summed E-state index contributed by atoms with van der Waals surface area (Å²) in [6.07, 6.45) is 9.96. The fourth-order valence-corrected chi connectivity index (χ4v) is 3.53. The van der Waals surface area contributed by atoms with Gasteiger partial charge in [-0.1, -0.05) is 62.4 Å². The van der Waals surface area contributed by atoms with Crippen LogP contribution in [0.1, 0.15) is 56.7 Å². The van der Waals surface area contributed by atoms with Crippen molar-refractivity contribution in [2.45, 2.75) is 57.2 Å². The summed E-state index contributed by atoms with van der Waals surface area (Å²) < 4.78 is 6.00. The molecule has 1 aliphatic carbocycles. The molecule has 0 bridgehead atoms. The van der Waals surface area contributed by atoms with E-state index in [0.717, 1.165) is 19.2 Å². The van der Waals surface area contributed by atoms with Crippen LogP contribution in [0.15, 0.2) is 30.3 Å². The zero-order valence-corrected chi connectivity index (χ0v) is 11.8. The standard InChI is InChI=1S/C17H25NO/c1-2-7-11-16(12-8-3-1)18-13-14-19-17(18)15-9-5-4-6-10-15/h4-6,9-10,16-17H,1-3,7-8,11-14H2. The van der Waals surface area contributed by atoms with Crippen molar-refractivity contribution in [3.63, 3.8) is 0 Å². The first-order valence-electron chi connectivity index (χ1n) is 7.87. The SMILES string of the molecule is c1ccc(C2OCCN2C2CCCCCCC2)cc1. The predicted octanol–water partition coefficient (Wildman–Crippen LogP) is 4.13. The van der Waals surface area contributed by atoms with Crippen LogP contribution >= 0.6 is 0 Å². The second kappa shape index (κ2) is 6.53. The highest BCUT2D eigenvalue weighted by atomic mass is 16.5. The van der Waals surface area contributed by atoms with Crippen molar-refractivity contribution in [2.24, 2.45) is 0 Å². The van der Waals surface area contributed by atoms with E-state index < -0.39 is 0 Å². The summed E-state index contributed by atoms with van der Waals surface area (Å²) in [6, 6.07) is 11.4. The third kappa shape index (κ3) is 3.18. The molecule has 1 atom stereocenters. The molecule has 0 N–H and O–H groups in total. The summed E-state index contributed by atoms with van der Waals surface area (Å²) in [5.41, 5.74) is 1.32. The molecule has 2 fully saturated rings. The van der Waals surface area contributed by atoms with Crippen LogP contribution in [0.5, 0.6) is 0 Å². The van der Waals surface area contributed by atoms with Crippen LogP contribution in [0.3, 0.4) is 0 Å². The van der Waals surface area contributed by atoms with Gasteiger partial charge in [-0.3, -0.25) is 4.90 Å². The van der Waals surface area contributed by atoms with Gasteiger partial charge in [-0.15, -0.1) is 0 Å². The van der Waals surface area contributed by atoms with E-state index in [9.17, 15) is 0 Å². The van der Waals surface area contributed by atoms with Gasteiger partial charge in [0.1, 0.15) is 6.23 Å². The topological polar surface area (TPSA) is 12.5 Å². The van der Waals surface area contributed by atoms with Gasteiger partial charge in [-0.25, -0.2) is 0 Å². The Bertz CT molecular complexity index is 370. The predicted molar refractivity (Wildman–Crippen MR) is 77.9 cm³/mol. The molecule has 0 radical (unpaired) electrons. The average molecular weight is 259 g/mol. The molecular formula is C17H25NO. The van der Waals surface area contributed by atoms with E-state index in [2.05, 4.69) is 35.2 Å². The van der Waals surface area contributed by atoms with E-state index in [-0.39, 0.29) is 6.23 Å². The molecule has 1 saturated carbocycles. The maximum atomic E-state index is 6.00. The number of nitrogens with zero attached hydrogens (tertiary/aromatic N) is 1. The fraction of sp³-hybridized carbons (Fsp3) is 0.647. The third-order valence-electron chi connectivity index (χ3n) is 4.55. The van der Waals surface area contributed by atoms with Crippen molar-refractivity contribution < 1.29 is 4.74 Å². The highest BCUT2D eigenvalue weighted by Crippen LogP contribution is 2.33. The Labute approximate surface area is 116 Å². The number of hydrogen-bond donors (Lipinski definition) is 0. The Morgan fingerprint density at radius 2 is 1.58 bits per heavy atom. The molecule has 0 aromatic heterocycles. The molecule has 2 aliphatic rings. The molecule has 1 aromatic rings. The summed E-state index contributed by atoms with van der Waals surface area (Å²) in [5.74, 6) is 0. The molecule has 1 heterocycles. The molecule has 104 valence electrons. The molecule has 1 saturated heterocycles. The molecule has 0 spiro atoms. The fourth-order valence-electron chi connectivity index (χ4n) is 3.53. The Morgan fingerprint density at radius 1 is 0.895 bits per heavy atom. The van der Waals surface area contributed by atoms with Crippen LogP contribution in [0.2, 0.25) is 0 Å². The van der Waals surface area contributed by atoms with Gasteiger partial charge in [0.05, 0.1) is 6.61 Å². The van der Waals surface area contributed by atoms with E-state index in [1.54, 1.807) is 0 Å². The molecule has 3 rings (SSSR count). The van der Waals surface area contributed by atoms with Crippen LogP contribution in [0.4, 0.5) is 0 Å². The third-order valence-corrected chi connectivity index (χ3v) is 4.55. The van der Waals surface area contributed by atoms with E-state index in [1.165, 1.54) is 50.5 Å². The van der Waals surface area contributed by atoms with Gasteiger partial charge in [-0.05, 0) is 18.4 Å². The van der Waals surface area contributed by atoms with Crippen LogP contribution in [-0.2, 0) is 4.74 Å². The summed E-state index contributed by atoms with van der Waals surface area (Å²) >= 11 is 0. The van der Waals surface area contributed by atoms with Crippen molar-refractivity contribution >= 4 is 0 Å². The van der Waals surface area contributed by atoms with Crippen molar-refractivity contribution in [3.8, 4) is 0 Å². The molecule has 1 aromatic carbocycles. The number of benzene rings is 1. The van der Waals surface area contributed by atoms with Crippen molar-refractivity contribution in [1.82, 2.24) is 4.90 Å². The van der Waals surface area contributed by atoms with Crippen molar-refractivity contribution in [2.75, 3.05) is 13.2 Å². The van der Waals surface area contributed by atoms with E-state index >= 15 is 0 Å². The van der Waals surface area contributed by atoms with Gasteiger partial charge in [0.2, 0.25) is 0 Å².